The van der Waals surface area contributed by atoms with Crippen LogP contribution in [0.15, 0.2) is 37.1 Å². The third-order valence-corrected chi connectivity index (χ3v) is 1.68. The van der Waals surface area contributed by atoms with E-state index < -0.39 is 5.97 Å². The molecule has 0 bridgehead atoms. The number of phenols is 1. The van der Waals surface area contributed by atoms with Crippen LogP contribution in [-0.2, 0) is 9.47 Å². The summed E-state index contributed by atoms with van der Waals surface area (Å²) in [6.45, 7) is 3.72. The highest BCUT2D eigenvalue weighted by Gasteiger charge is 2.10. The number of para-hydroxylation sites is 1. The summed E-state index contributed by atoms with van der Waals surface area (Å²) in [6.07, 6.45) is 1.27. The van der Waals surface area contributed by atoms with E-state index >= 15 is 0 Å². The van der Waals surface area contributed by atoms with Gasteiger partial charge in [0.25, 0.3) is 0 Å². The van der Waals surface area contributed by atoms with Crippen LogP contribution in [0.5, 0.6) is 5.75 Å². The fourth-order valence-corrected chi connectivity index (χ4v) is 0.990. The van der Waals surface area contributed by atoms with Crippen LogP contribution in [0.3, 0.4) is 0 Å². The number of carbonyl (C=O) groups is 1. The molecule has 0 aromatic heterocycles. The van der Waals surface area contributed by atoms with E-state index in [1.54, 1.807) is 12.1 Å². The maximum atomic E-state index is 11.4. The second-order valence-corrected chi connectivity index (χ2v) is 2.69. The quantitative estimate of drug-likeness (QED) is 0.454. The highest BCUT2D eigenvalue weighted by molar-refractivity contribution is 5.92. The average molecular weight is 208 g/mol. The summed E-state index contributed by atoms with van der Waals surface area (Å²) >= 11 is 0. The van der Waals surface area contributed by atoms with E-state index in [9.17, 15) is 9.90 Å². The Kier molecular flexibility index (Phi) is 4.22. The molecule has 0 spiro atoms. The Morgan fingerprint density at radius 2 is 2.13 bits per heavy atom. The van der Waals surface area contributed by atoms with Gasteiger partial charge in [0.15, 0.2) is 0 Å². The first kappa shape index (κ1) is 11.1. The topological polar surface area (TPSA) is 55.8 Å². The summed E-state index contributed by atoms with van der Waals surface area (Å²) in [7, 11) is 0. The maximum absolute atomic E-state index is 11.4. The molecule has 0 saturated carbocycles. The number of aromatic hydroxyl groups is 1. The fourth-order valence-electron chi connectivity index (χ4n) is 0.990. The van der Waals surface area contributed by atoms with Crippen molar-refractivity contribution in [2.75, 3.05) is 13.2 Å². The Hall–Kier alpha value is -1.97. The maximum Gasteiger partial charge on any atom is 0.342 e. The van der Waals surface area contributed by atoms with Crippen LogP contribution in [0.1, 0.15) is 10.4 Å². The molecular weight excluding hydrogens is 196 g/mol. The molecule has 4 nitrogen and oxygen atoms in total. The lowest BCUT2D eigenvalue weighted by molar-refractivity contribution is 0.0418. The fraction of sp³-hybridized carbons (Fsp3) is 0.182. The van der Waals surface area contributed by atoms with Crippen molar-refractivity contribution in [2.24, 2.45) is 0 Å². The molecule has 0 saturated heterocycles. The largest absolute Gasteiger partial charge is 0.507 e. The second-order valence-electron chi connectivity index (χ2n) is 2.69. The van der Waals surface area contributed by atoms with Crippen molar-refractivity contribution in [1.82, 2.24) is 0 Å². The number of carbonyl (C=O) groups excluding carboxylic acids is 1. The molecule has 0 aliphatic heterocycles. The Morgan fingerprint density at radius 1 is 1.40 bits per heavy atom. The number of rotatable bonds is 5. The van der Waals surface area contributed by atoms with E-state index in [4.69, 9.17) is 9.47 Å². The molecule has 1 aromatic rings. The number of esters is 1. The Morgan fingerprint density at radius 3 is 2.80 bits per heavy atom. The zero-order valence-corrected chi connectivity index (χ0v) is 8.18. The predicted molar refractivity (Wildman–Crippen MR) is 54.5 cm³/mol. The zero-order valence-electron chi connectivity index (χ0n) is 8.18. The minimum absolute atomic E-state index is 0.0906. The summed E-state index contributed by atoms with van der Waals surface area (Å²) in [5.74, 6) is -0.659. The Bertz CT molecular complexity index is 346. The summed E-state index contributed by atoms with van der Waals surface area (Å²) in [5.41, 5.74) is 0.149. The van der Waals surface area contributed by atoms with Crippen molar-refractivity contribution in [3.05, 3.63) is 42.7 Å². The standard InChI is InChI=1S/C11H12O4/c1-2-14-7-8-15-11(13)9-5-3-4-6-10(9)12/h2-6,12H,1,7-8H2. The molecule has 4 heteroatoms. The SMILES string of the molecule is C=COCCOC(=O)c1ccccc1O. The lowest BCUT2D eigenvalue weighted by Gasteiger charge is -2.05. The van der Waals surface area contributed by atoms with E-state index in [-0.39, 0.29) is 24.5 Å². The van der Waals surface area contributed by atoms with Crippen LogP contribution < -0.4 is 0 Å². The first-order valence-electron chi connectivity index (χ1n) is 4.43. The summed E-state index contributed by atoms with van der Waals surface area (Å²) < 4.78 is 9.61. The highest BCUT2D eigenvalue weighted by atomic mass is 16.6. The molecule has 0 heterocycles. The van der Waals surface area contributed by atoms with Gasteiger partial charge in [-0.2, -0.15) is 0 Å². The third-order valence-electron chi connectivity index (χ3n) is 1.68. The lowest BCUT2D eigenvalue weighted by Crippen LogP contribution is -2.09. The molecule has 0 amide bonds. The second kappa shape index (κ2) is 5.70. The van der Waals surface area contributed by atoms with Crippen molar-refractivity contribution in [3.8, 4) is 5.75 Å². The van der Waals surface area contributed by atoms with Gasteiger partial charge in [0, 0.05) is 0 Å². The Balaban J connectivity index is 2.47. The van der Waals surface area contributed by atoms with Gasteiger partial charge in [0.05, 0.1) is 6.26 Å². The molecule has 15 heavy (non-hydrogen) atoms. The van der Waals surface area contributed by atoms with Crippen molar-refractivity contribution in [2.45, 2.75) is 0 Å². The van der Waals surface area contributed by atoms with Crippen LogP contribution >= 0.6 is 0 Å². The molecule has 0 atom stereocenters. The lowest BCUT2D eigenvalue weighted by atomic mass is 10.2. The number of benzene rings is 1. The average Bonchev–Trinajstić information content (AvgIpc) is 2.25. The van der Waals surface area contributed by atoms with Gasteiger partial charge in [-0.15, -0.1) is 0 Å². The van der Waals surface area contributed by atoms with Crippen molar-refractivity contribution >= 4 is 5.97 Å². The van der Waals surface area contributed by atoms with E-state index in [0.29, 0.717) is 0 Å². The number of hydrogen-bond donors (Lipinski definition) is 1. The Labute approximate surface area is 87.7 Å². The molecule has 1 aromatic carbocycles. The molecule has 1 N–H and O–H groups in total. The van der Waals surface area contributed by atoms with Gasteiger partial charge in [0.1, 0.15) is 24.5 Å². The van der Waals surface area contributed by atoms with Crippen molar-refractivity contribution < 1.29 is 19.4 Å². The van der Waals surface area contributed by atoms with E-state index in [1.165, 1.54) is 18.4 Å². The molecule has 0 aliphatic rings. The van der Waals surface area contributed by atoms with Gasteiger partial charge in [-0.3, -0.25) is 0 Å². The number of hydrogen-bond acceptors (Lipinski definition) is 4. The van der Waals surface area contributed by atoms with Gasteiger partial charge in [0.2, 0.25) is 0 Å². The number of ether oxygens (including phenoxy) is 2. The predicted octanol–water partition coefficient (Wildman–Crippen LogP) is 1.71. The molecule has 0 fully saturated rings. The first-order valence-corrected chi connectivity index (χ1v) is 4.43. The molecule has 0 unspecified atom stereocenters. The van der Waals surface area contributed by atoms with Gasteiger partial charge in [-0.1, -0.05) is 18.7 Å². The minimum Gasteiger partial charge on any atom is -0.507 e. The normalized spacial score (nSPS) is 9.33. The smallest absolute Gasteiger partial charge is 0.342 e. The van der Waals surface area contributed by atoms with Gasteiger partial charge in [-0.25, -0.2) is 4.79 Å². The van der Waals surface area contributed by atoms with Gasteiger partial charge in [-0.05, 0) is 12.1 Å². The van der Waals surface area contributed by atoms with Gasteiger partial charge >= 0.3 is 5.97 Å². The van der Waals surface area contributed by atoms with E-state index in [1.807, 2.05) is 0 Å². The van der Waals surface area contributed by atoms with Crippen LogP contribution in [0.4, 0.5) is 0 Å². The zero-order chi connectivity index (χ0) is 11.1. The van der Waals surface area contributed by atoms with Crippen LogP contribution in [0, 0.1) is 0 Å². The monoisotopic (exact) mass is 208 g/mol. The number of phenolic OH excluding ortho intramolecular Hbond substituents is 1. The van der Waals surface area contributed by atoms with Gasteiger partial charge < -0.3 is 14.6 Å². The van der Waals surface area contributed by atoms with Crippen LogP contribution in [-0.4, -0.2) is 24.3 Å². The molecule has 80 valence electrons. The molecule has 0 aliphatic carbocycles. The van der Waals surface area contributed by atoms with E-state index in [2.05, 4.69) is 6.58 Å². The molecule has 0 radical (unpaired) electrons. The van der Waals surface area contributed by atoms with Crippen molar-refractivity contribution in [3.63, 3.8) is 0 Å². The minimum atomic E-state index is -0.569. The van der Waals surface area contributed by atoms with E-state index in [0.717, 1.165) is 0 Å². The third kappa shape index (κ3) is 3.34. The van der Waals surface area contributed by atoms with Crippen molar-refractivity contribution in [1.29, 1.82) is 0 Å². The highest BCUT2D eigenvalue weighted by Crippen LogP contribution is 2.16. The summed E-state index contributed by atoms with van der Waals surface area (Å²) in [6, 6.07) is 6.20. The van der Waals surface area contributed by atoms with Crippen LogP contribution in [0.2, 0.25) is 0 Å². The van der Waals surface area contributed by atoms with Crippen LogP contribution in [0.25, 0.3) is 0 Å². The molecule has 1 rings (SSSR count). The first-order chi connectivity index (χ1) is 7.25. The summed E-state index contributed by atoms with van der Waals surface area (Å²) in [5, 5.41) is 9.34. The molecular formula is C11H12O4. The summed E-state index contributed by atoms with van der Waals surface area (Å²) in [4.78, 5) is 11.4.